The van der Waals surface area contributed by atoms with Gasteiger partial charge in [0.15, 0.2) is 0 Å². The fourth-order valence-corrected chi connectivity index (χ4v) is 3.39. The zero-order chi connectivity index (χ0) is 20.1. The van der Waals surface area contributed by atoms with Crippen LogP contribution in [0.3, 0.4) is 0 Å². The van der Waals surface area contributed by atoms with E-state index in [-0.39, 0.29) is 17.9 Å². The molecular weight excluding hydrogens is 352 g/mol. The van der Waals surface area contributed by atoms with Crippen molar-refractivity contribution >= 4 is 34.3 Å². The van der Waals surface area contributed by atoms with E-state index in [0.29, 0.717) is 18.0 Å². The van der Waals surface area contributed by atoms with E-state index in [2.05, 4.69) is 21.8 Å². The molecule has 6 nitrogen and oxygen atoms in total. The minimum absolute atomic E-state index is 0.0131. The Hall–Kier alpha value is -2.57. The molecule has 1 unspecified atom stereocenters. The smallest absolute Gasteiger partial charge is 0.229 e. The highest BCUT2D eigenvalue weighted by molar-refractivity contribution is 6.08. The van der Waals surface area contributed by atoms with Crippen LogP contribution >= 0.6 is 0 Å². The van der Waals surface area contributed by atoms with E-state index in [1.165, 1.54) is 6.21 Å². The molecule has 3 rings (SSSR count). The largest absolute Gasteiger partial charge is 0.377 e. The van der Waals surface area contributed by atoms with Gasteiger partial charge >= 0.3 is 0 Å². The van der Waals surface area contributed by atoms with Gasteiger partial charge in [-0.1, -0.05) is 18.7 Å². The van der Waals surface area contributed by atoms with E-state index >= 15 is 0 Å². The second kappa shape index (κ2) is 9.08. The number of likely N-dealkylation sites (tertiary alicyclic amines) is 1. The molecule has 2 N–H and O–H groups in total. The average molecular weight is 380 g/mol. The molecule has 1 fully saturated rings. The van der Waals surface area contributed by atoms with Gasteiger partial charge in [0.2, 0.25) is 5.91 Å². The number of ether oxygens (including phenoxy) is 1. The molecule has 1 atom stereocenters. The van der Waals surface area contributed by atoms with Crippen molar-refractivity contribution in [1.29, 1.82) is 5.41 Å². The Balaban J connectivity index is 1.61. The van der Waals surface area contributed by atoms with E-state index in [1.54, 1.807) is 6.20 Å². The number of rotatable bonds is 8. The molecule has 0 saturated carbocycles. The lowest BCUT2D eigenvalue weighted by molar-refractivity contribution is -0.119. The fourth-order valence-electron chi connectivity index (χ4n) is 3.39. The molecule has 28 heavy (non-hydrogen) atoms. The molecule has 0 radical (unpaired) electrons. The van der Waals surface area contributed by atoms with Gasteiger partial charge in [-0.2, -0.15) is 0 Å². The Morgan fingerprint density at radius 2 is 2.25 bits per heavy atom. The van der Waals surface area contributed by atoms with Crippen molar-refractivity contribution in [2.24, 2.45) is 5.92 Å². The summed E-state index contributed by atoms with van der Waals surface area (Å²) in [7, 11) is 0. The number of hydrogen-bond donors (Lipinski definition) is 2. The Morgan fingerprint density at radius 1 is 1.43 bits per heavy atom. The Kier molecular flexibility index (Phi) is 6.54. The third kappa shape index (κ3) is 5.03. The number of fused-ring (bicyclic) bond motifs is 1. The molecule has 0 aliphatic carbocycles. The molecule has 6 heteroatoms. The molecule has 1 amide bonds. The average Bonchev–Trinajstić information content (AvgIpc) is 3.15. The topological polar surface area (TPSA) is 78.3 Å². The highest BCUT2D eigenvalue weighted by Gasteiger charge is 2.28. The van der Waals surface area contributed by atoms with Gasteiger partial charge in [0, 0.05) is 30.9 Å². The van der Waals surface area contributed by atoms with E-state index in [1.807, 2.05) is 38.1 Å². The van der Waals surface area contributed by atoms with Gasteiger partial charge < -0.3 is 20.4 Å². The number of carbonyl (C=O) groups excluding carboxylic acids is 1. The molecule has 2 aromatic rings. The maximum Gasteiger partial charge on any atom is 0.229 e. The minimum Gasteiger partial charge on any atom is -0.377 e. The summed E-state index contributed by atoms with van der Waals surface area (Å²) < 4.78 is 5.60. The van der Waals surface area contributed by atoms with E-state index in [4.69, 9.17) is 10.1 Å². The molecule has 0 spiro atoms. The lowest BCUT2D eigenvalue weighted by atomic mass is 10.0. The van der Waals surface area contributed by atoms with Crippen LogP contribution in [0.4, 0.5) is 5.82 Å². The van der Waals surface area contributed by atoms with E-state index in [9.17, 15) is 4.79 Å². The number of carbonyl (C=O) groups is 1. The van der Waals surface area contributed by atoms with Crippen molar-refractivity contribution in [3.8, 4) is 0 Å². The summed E-state index contributed by atoms with van der Waals surface area (Å²) in [5.41, 5.74) is 1.54. The predicted molar refractivity (Wildman–Crippen MR) is 114 cm³/mol. The van der Waals surface area contributed by atoms with Crippen molar-refractivity contribution in [3.63, 3.8) is 0 Å². The summed E-state index contributed by atoms with van der Waals surface area (Å²) in [6.45, 7) is 11.1. The van der Waals surface area contributed by atoms with Gasteiger partial charge in [-0.25, -0.2) is 4.98 Å². The van der Waals surface area contributed by atoms with Gasteiger partial charge in [0.1, 0.15) is 5.82 Å². The normalized spacial score (nSPS) is 17.2. The molecule has 148 valence electrons. The van der Waals surface area contributed by atoms with Gasteiger partial charge in [-0.3, -0.25) is 4.79 Å². The summed E-state index contributed by atoms with van der Waals surface area (Å²) in [6.07, 6.45) is 4.08. The molecule has 1 aliphatic rings. The van der Waals surface area contributed by atoms with Crippen LogP contribution in [-0.4, -0.2) is 54.4 Å². The van der Waals surface area contributed by atoms with Crippen LogP contribution in [0, 0.1) is 11.3 Å². The third-order valence-corrected chi connectivity index (χ3v) is 5.02. The first kappa shape index (κ1) is 20.2. The van der Waals surface area contributed by atoms with E-state index < -0.39 is 0 Å². The van der Waals surface area contributed by atoms with Crippen LogP contribution in [-0.2, 0) is 9.53 Å². The molecular formula is C22H28N4O2. The number of benzene rings is 1. The first-order valence-electron chi connectivity index (χ1n) is 9.70. The lowest BCUT2D eigenvalue weighted by Crippen LogP contribution is -2.29. The second-order valence-electron chi connectivity index (χ2n) is 7.50. The highest BCUT2D eigenvalue weighted by atomic mass is 16.5. The van der Waals surface area contributed by atoms with Crippen molar-refractivity contribution in [2.45, 2.75) is 26.4 Å². The first-order chi connectivity index (χ1) is 13.5. The van der Waals surface area contributed by atoms with Crippen LogP contribution in [0.25, 0.3) is 16.3 Å². The number of aromatic nitrogens is 1. The van der Waals surface area contributed by atoms with Crippen LogP contribution in [0.15, 0.2) is 37.0 Å². The quantitative estimate of drug-likeness (QED) is 0.686. The third-order valence-electron chi connectivity index (χ3n) is 5.02. The number of amides is 1. The number of nitrogens with one attached hydrogen (secondary N) is 2. The van der Waals surface area contributed by atoms with Gasteiger partial charge in [-0.15, -0.1) is 0 Å². The van der Waals surface area contributed by atoms with Crippen molar-refractivity contribution in [1.82, 2.24) is 9.88 Å². The summed E-state index contributed by atoms with van der Waals surface area (Å²) >= 11 is 0. The number of pyridine rings is 1. The number of allylic oxidation sites excluding steroid dienone is 1. The Bertz CT molecular complexity index is 878. The Morgan fingerprint density at radius 3 is 3.00 bits per heavy atom. The van der Waals surface area contributed by atoms with Crippen molar-refractivity contribution < 1.29 is 9.53 Å². The van der Waals surface area contributed by atoms with Crippen LogP contribution in [0.2, 0.25) is 0 Å². The molecule has 1 saturated heterocycles. The standard InChI is InChI=1S/C22H28N4O2/c1-15(2)28-9-8-26-7-6-19(14-26)22(27)25-21-11-20-10-17(16(3)12-23)4-5-18(20)13-24-21/h4-5,10-13,15,19,23H,3,6-9,14H2,1-2H3,(H,24,25,27). The summed E-state index contributed by atoms with van der Waals surface area (Å²) in [5, 5.41) is 12.3. The summed E-state index contributed by atoms with van der Waals surface area (Å²) in [4.78, 5) is 19.3. The summed E-state index contributed by atoms with van der Waals surface area (Å²) in [6, 6.07) is 7.71. The molecule has 2 heterocycles. The van der Waals surface area contributed by atoms with Gasteiger partial charge in [-0.05, 0) is 55.5 Å². The van der Waals surface area contributed by atoms with Gasteiger partial charge in [0.25, 0.3) is 0 Å². The maximum atomic E-state index is 12.6. The van der Waals surface area contributed by atoms with E-state index in [0.717, 1.165) is 42.4 Å². The molecule has 0 bridgehead atoms. The zero-order valence-corrected chi connectivity index (χ0v) is 16.6. The number of nitrogens with zero attached hydrogens (tertiary/aromatic N) is 2. The minimum atomic E-state index is -0.0272. The highest BCUT2D eigenvalue weighted by Crippen LogP contribution is 2.23. The molecule has 1 aliphatic heterocycles. The summed E-state index contributed by atoms with van der Waals surface area (Å²) in [5.74, 6) is 0.538. The first-order valence-corrected chi connectivity index (χ1v) is 9.70. The Labute approximate surface area is 166 Å². The SMILES string of the molecule is C=C(C=N)c1ccc2cnc(NC(=O)C3CCN(CCOC(C)C)C3)cc2c1. The maximum absolute atomic E-state index is 12.6. The zero-order valence-electron chi connectivity index (χ0n) is 16.6. The molecule has 1 aromatic carbocycles. The fraction of sp³-hybridized carbons (Fsp3) is 0.409. The molecule has 1 aromatic heterocycles. The van der Waals surface area contributed by atoms with Crippen LogP contribution in [0.1, 0.15) is 25.8 Å². The van der Waals surface area contributed by atoms with Gasteiger partial charge in [0.05, 0.1) is 18.6 Å². The lowest BCUT2D eigenvalue weighted by Gasteiger charge is -2.17. The number of anilines is 1. The second-order valence-corrected chi connectivity index (χ2v) is 7.50. The van der Waals surface area contributed by atoms with Crippen LogP contribution in [0.5, 0.6) is 0 Å². The van der Waals surface area contributed by atoms with Crippen molar-refractivity contribution in [3.05, 3.63) is 42.6 Å². The predicted octanol–water partition coefficient (Wildman–Crippen LogP) is 3.58. The van der Waals surface area contributed by atoms with Crippen LogP contribution < -0.4 is 5.32 Å². The number of hydrogen-bond acceptors (Lipinski definition) is 5. The van der Waals surface area contributed by atoms with Crippen molar-refractivity contribution in [2.75, 3.05) is 31.6 Å². The monoisotopic (exact) mass is 380 g/mol.